The van der Waals surface area contributed by atoms with Crippen LogP contribution in [0.25, 0.3) is 0 Å². The second-order valence-corrected chi connectivity index (χ2v) is 5.85. The van der Waals surface area contributed by atoms with Crippen molar-refractivity contribution >= 4 is 6.03 Å². The van der Waals surface area contributed by atoms with E-state index in [1.54, 1.807) is 0 Å². The van der Waals surface area contributed by atoms with E-state index >= 15 is 0 Å². The fraction of sp³-hybridized carbons (Fsp3) is 0.923. The van der Waals surface area contributed by atoms with Crippen LogP contribution in [0, 0.1) is 0 Å². The molecule has 0 spiro atoms. The van der Waals surface area contributed by atoms with Crippen LogP contribution in [0.15, 0.2) is 0 Å². The van der Waals surface area contributed by atoms with E-state index in [0.29, 0.717) is 0 Å². The van der Waals surface area contributed by atoms with Crippen LogP contribution in [0.3, 0.4) is 0 Å². The molecule has 0 aliphatic carbocycles. The molecule has 3 heterocycles. The van der Waals surface area contributed by atoms with Gasteiger partial charge in [0.15, 0.2) is 0 Å². The molecule has 4 N–H and O–H groups in total. The first-order valence-electron chi connectivity index (χ1n) is 8.32. The van der Waals surface area contributed by atoms with Crippen molar-refractivity contribution in [3.05, 3.63) is 0 Å². The molecule has 126 valence electrons. The van der Waals surface area contributed by atoms with E-state index in [1.807, 2.05) is 10.1 Å². The lowest BCUT2D eigenvalue weighted by Crippen LogP contribution is -2.67. The third kappa shape index (κ3) is 4.06. The molecule has 22 heavy (non-hydrogen) atoms. The molecule has 3 saturated heterocycles. The van der Waals surface area contributed by atoms with Gasteiger partial charge >= 0.3 is 6.03 Å². The maximum Gasteiger partial charge on any atom is 0.361 e. The standard InChI is InChI=1S/C13H28N8O/c22-13(17-18-7-1-14-2-8-18)21(19-9-3-15-4-10-19)20-11-5-16-6-12-20/h14-16H,1-12H2,(H,17,22). The van der Waals surface area contributed by atoms with Gasteiger partial charge in [0, 0.05) is 78.5 Å². The maximum absolute atomic E-state index is 12.8. The number of amides is 2. The number of carbonyl (C=O) groups excluding carboxylic acids is 1. The van der Waals surface area contributed by atoms with Crippen LogP contribution in [0.2, 0.25) is 0 Å². The largest absolute Gasteiger partial charge is 0.361 e. The Morgan fingerprint density at radius 1 is 0.727 bits per heavy atom. The lowest BCUT2D eigenvalue weighted by molar-refractivity contribution is -0.154. The van der Waals surface area contributed by atoms with Crippen LogP contribution in [-0.4, -0.2) is 105 Å². The molecule has 0 aromatic heterocycles. The van der Waals surface area contributed by atoms with Gasteiger partial charge in [0.2, 0.25) is 0 Å². The summed E-state index contributed by atoms with van der Waals surface area (Å²) >= 11 is 0. The number of carbonyl (C=O) groups is 1. The predicted octanol–water partition coefficient (Wildman–Crippen LogP) is -2.54. The van der Waals surface area contributed by atoms with Crippen molar-refractivity contribution in [2.45, 2.75) is 0 Å². The SMILES string of the molecule is O=C(NN1CCNCC1)N(N1CCNCC1)N1CCNCC1. The van der Waals surface area contributed by atoms with Gasteiger partial charge in [-0.1, -0.05) is 0 Å². The highest BCUT2D eigenvalue weighted by Gasteiger charge is 2.30. The second kappa shape index (κ2) is 8.04. The summed E-state index contributed by atoms with van der Waals surface area (Å²) in [5, 5.41) is 18.1. The molecule has 0 saturated carbocycles. The quantitative estimate of drug-likeness (QED) is 0.457. The average molecular weight is 312 g/mol. The van der Waals surface area contributed by atoms with Gasteiger partial charge < -0.3 is 16.0 Å². The molecule has 3 aliphatic rings. The van der Waals surface area contributed by atoms with E-state index < -0.39 is 0 Å². The number of rotatable bonds is 3. The molecular formula is C13H28N8O. The van der Waals surface area contributed by atoms with Crippen LogP contribution < -0.4 is 21.4 Å². The summed E-state index contributed by atoms with van der Waals surface area (Å²) < 4.78 is 0. The molecular weight excluding hydrogens is 284 g/mol. The molecule has 0 atom stereocenters. The summed E-state index contributed by atoms with van der Waals surface area (Å²) in [5.41, 5.74) is 3.07. The molecule has 0 aromatic carbocycles. The van der Waals surface area contributed by atoms with E-state index in [4.69, 9.17) is 0 Å². The monoisotopic (exact) mass is 312 g/mol. The van der Waals surface area contributed by atoms with Crippen molar-refractivity contribution in [3.63, 3.8) is 0 Å². The van der Waals surface area contributed by atoms with Gasteiger partial charge in [0.25, 0.3) is 0 Å². The third-order valence-corrected chi connectivity index (χ3v) is 4.28. The zero-order valence-electron chi connectivity index (χ0n) is 13.2. The summed E-state index contributed by atoms with van der Waals surface area (Å²) in [6.45, 7) is 10.7. The topological polar surface area (TPSA) is 78.2 Å². The highest BCUT2D eigenvalue weighted by atomic mass is 16.2. The van der Waals surface area contributed by atoms with E-state index in [9.17, 15) is 4.79 Å². The van der Waals surface area contributed by atoms with E-state index in [2.05, 4.69) is 31.4 Å². The van der Waals surface area contributed by atoms with Crippen molar-refractivity contribution in [2.75, 3.05) is 78.5 Å². The Kier molecular flexibility index (Phi) is 5.82. The highest BCUT2D eigenvalue weighted by molar-refractivity contribution is 5.72. The predicted molar refractivity (Wildman–Crippen MR) is 83.7 cm³/mol. The number of urea groups is 1. The average Bonchev–Trinajstić information content (AvgIpc) is 2.58. The second-order valence-electron chi connectivity index (χ2n) is 5.85. The van der Waals surface area contributed by atoms with Gasteiger partial charge in [-0.3, -0.25) is 5.43 Å². The summed E-state index contributed by atoms with van der Waals surface area (Å²) in [5.74, 6) is 0. The Balaban J connectivity index is 1.64. The molecule has 0 bridgehead atoms. The normalized spacial score (nSPS) is 25.8. The van der Waals surface area contributed by atoms with Crippen LogP contribution in [0.4, 0.5) is 4.79 Å². The van der Waals surface area contributed by atoms with E-state index in [0.717, 1.165) is 78.5 Å². The molecule has 3 fully saturated rings. The fourth-order valence-corrected chi connectivity index (χ4v) is 3.08. The van der Waals surface area contributed by atoms with Gasteiger partial charge in [-0.2, -0.15) is 15.1 Å². The lowest BCUT2D eigenvalue weighted by Gasteiger charge is -2.45. The van der Waals surface area contributed by atoms with E-state index in [-0.39, 0.29) is 6.03 Å². The maximum atomic E-state index is 12.8. The minimum atomic E-state index is -0.0364. The molecule has 2 amide bonds. The van der Waals surface area contributed by atoms with Crippen LogP contribution >= 0.6 is 0 Å². The summed E-state index contributed by atoms with van der Waals surface area (Å²) in [7, 11) is 0. The number of hydrogen-bond donors (Lipinski definition) is 4. The van der Waals surface area contributed by atoms with Crippen molar-refractivity contribution in [2.24, 2.45) is 0 Å². The van der Waals surface area contributed by atoms with E-state index in [1.165, 1.54) is 0 Å². The van der Waals surface area contributed by atoms with Crippen molar-refractivity contribution < 1.29 is 4.79 Å². The van der Waals surface area contributed by atoms with Crippen LogP contribution in [-0.2, 0) is 0 Å². The number of nitrogens with one attached hydrogen (secondary N) is 4. The van der Waals surface area contributed by atoms with Gasteiger partial charge in [-0.15, -0.1) is 0 Å². The number of piperazine rings is 3. The number of hydrogen-bond acceptors (Lipinski definition) is 7. The Morgan fingerprint density at radius 2 is 1.14 bits per heavy atom. The first-order valence-corrected chi connectivity index (χ1v) is 8.32. The first kappa shape index (κ1) is 15.9. The Labute approximate surface area is 131 Å². The smallest absolute Gasteiger partial charge is 0.314 e. The van der Waals surface area contributed by atoms with Crippen molar-refractivity contribution in [1.82, 2.24) is 41.5 Å². The molecule has 3 aliphatic heterocycles. The number of hydrazine groups is 3. The molecule has 3 rings (SSSR count). The minimum Gasteiger partial charge on any atom is -0.314 e. The zero-order valence-corrected chi connectivity index (χ0v) is 13.2. The lowest BCUT2D eigenvalue weighted by atomic mass is 10.4. The molecule has 0 radical (unpaired) electrons. The molecule has 9 heteroatoms. The van der Waals surface area contributed by atoms with Gasteiger partial charge in [-0.05, 0) is 0 Å². The molecule has 9 nitrogen and oxygen atoms in total. The van der Waals surface area contributed by atoms with Crippen LogP contribution in [0.5, 0.6) is 0 Å². The fourth-order valence-electron chi connectivity index (χ4n) is 3.08. The zero-order chi connectivity index (χ0) is 15.2. The highest BCUT2D eigenvalue weighted by Crippen LogP contribution is 2.08. The van der Waals surface area contributed by atoms with Crippen molar-refractivity contribution in [3.8, 4) is 0 Å². The molecule has 0 unspecified atom stereocenters. The van der Waals surface area contributed by atoms with Crippen LogP contribution in [0.1, 0.15) is 0 Å². The third-order valence-electron chi connectivity index (χ3n) is 4.28. The Morgan fingerprint density at radius 3 is 1.59 bits per heavy atom. The minimum absolute atomic E-state index is 0.0364. The molecule has 0 aromatic rings. The summed E-state index contributed by atoms with van der Waals surface area (Å²) in [6, 6.07) is -0.0364. The van der Waals surface area contributed by atoms with Crippen molar-refractivity contribution in [1.29, 1.82) is 0 Å². The Hall–Kier alpha value is -0.970. The van der Waals surface area contributed by atoms with Gasteiger partial charge in [0.1, 0.15) is 0 Å². The summed E-state index contributed by atoms with van der Waals surface area (Å²) in [6.07, 6.45) is 0. The first-order chi connectivity index (χ1) is 10.8. The number of nitrogens with zero attached hydrogens (tertiary/aromatic N) is 4. The van der Waals surface area contributed by atoms with Gasteiger partial charge in [-0.25, -0.2) is 9.80 Å². The van der Waals surface area contributed by atoms with Gasteiger partial charge in [0.05, 0.1) is 0 Å². The summed E-state index contributed by atoms with van der Waals surface area (Å²) in [4.78, 5) is 12.8. The Bertz CT molecular complexity index is 332.